The van der Waals surface area contributed by atoms with Crippen molar-refractivity contribution in [1.82, 2.24) is 10.3 Å². The molecule has 4 heteroatoms. The van der Waals surface area contributed by atoms with Gasteiger partial charge in [-0.1, -0.05) is 30.3 Å². The summed E-state index contributed by atoms with van der Waals surface area (Å²) in [5, 5.41) is 3.47. The van der Waals surface area contributed by atoms with Gasteiger partial charge >= 0.3 is 5.97 Å². The van der Waals surface area contributed by atoms with Crippen LogP contribution in [0.4, 0.5) is 0 Å². The van der Waals surface area contributed by atoms with Crippen LogP contribution in [0.15, 0.2) is 42.5 Å². The Morgan fingerprint density at radius 3 is 2.75 bits per heavy atom. The summed E-state index contributed by atoms with van der Waals surface area (Å²) in [6.07, 6.45) is 5.00. The van der Waals surface area contributed by atoms with Gasteiger partial charge in [-0.3, -0.25) is 4.98 Å². The average molecular weight is 324 g/mol. The van der Waals surface area contributed by atoms with E-state index in [1.165, 1.54) is 19.1 Å². The number of esters is 1. The number of benzene rings is 1. The number of carbonyl (C=O) groups is 1. The van der Waals surface area contributed by atoms with E-state index in [4.69, 9.17) is 9.72 Å². The fourth-order valence-electron chi connectivity index (χ4n) is 3.24. The smallest absolute Gasteiger partial charge is 0.339 e. The lowest BCUT2D eigenvalue weighted by atomic mass is 10.0. The Hall–Kier alpha value is -2.20. The highest BCUT2D eigenvalue weighted by molar-refractivity contribution is 5.90. The average Bonchev–Trinajstić information content (AvgIpc) is 3.16. The molecule has 1 aromatic carbocycles. The lowest BCUT2D eigenvalue weighted by Crippen LogP contribution is -2.17. The van der Waals surface area contributed by atoms with Crippen molar-refractivity contribution in [3.63, 3.8) is 0 Å². The van der Waals surface area contributed by atoms with E-state index in [2.05, 4.69) is 29.6 Å². The molecule has 0 aliphatic carbocycles. The molecule has 3 rings (SSSR count). The molecule has 1 aliphatic heterocycles. The van der Waals surface area contributed by atoms with Crippen molar-refractivity contribution < 1.29 is 9.53 Å². The van der Waals surface area contributed by atoms with E-state index in [0.29, 0.717) is 11.6 Å². The van der Waals surface area contributed by atoms with Crippen LogP contribution >= 0.6 is 0 Å². The summed E-state index contributed by atoms with van der Waals surface area (Å²) >= 11 is 0. The highest BCUT2D eigenvalue weighted by Crippen LogP contribution is 2.23. The number of nitrogens with zero attached hydrogens (tertiary/aromatic N) is 1. The van der Waals surface area contributed by atoms with Gasteiger partial charge in [-0.05, 0) is 56.3 Å². The Morgan fingerprint density at radius 2 is 2.04 bits per heavy atom. The number of pyridine rings is 1. The van der Waals surface area contributed by atoms with Gasteiger partial charge in [0, 0.05) is 6.04 Å². The minimum atomic E-state index is -0.303. The van der Waals surface area contributed by atoms with Crippen molar-refractivity contribution in [3.05, 3.63) is 65.0 Å². The molecule has 1 fully saturated rings. The zero-order valence-corrected chi connectivity index (χ0v) is 14.1. The van der Waals surface area contributed by atoms with Gasteiger partial charge in [0.25, 0.3) is 0 Å². The second-order valence-electron chi connectivity index (χ2n) is 6.21. The summed E-state index contributed by atoms with van der Waals surface area (Å²) < 4.78 is 4.91. The van der Waals surface area contributed by atoms with Crippen molar-refractivity contribution in [1.29, 1.82) is 0 Å². The number of aromatic nitrogens is 1. The Morgan fingerprint density at radius 1 is 1.21 bits per heavy atom. The van der Waals surface area contributed by atoms with Crippen molar-refractivity contribution >= 4 is 5.97 Å². The largest absolute Gasteiger partial charge is 0.465 e. The van der Waals surface area contributed by atoms with Crippen LogP contribution in [0.5, 0.6) is 0 Å². The van der Waals surface area contributed by atoms with Gasteiger partial charge in [-0.25, -0.2) is 4.79 Å². The molecule has 0 amide bonds. The van der Waals surface area contributed by atoms with Crippen LogP contribution in [0.2, 0.25) is 0 Å². The van der Waals surface area contributed by atoms with Crippen LogP contribution in [0.25, 0.3) is 0 Å². The lowest BCUT2D eigenvalue weighted by Gasteiger charge is -2.14. The summed E-state index contributed by atoms with van der Waals surface area (Å²) in [6.45, 7) is 1.04. The number of hydrogen-bond donors (Lipinski definition) is 1. The number of rotatable bonds is 6. The first-order chi connectivity index (χ1) is 11.8. The van der Waals surface area contributed by atoms with Gasteiger partial charge in [0.1, 0.15) is 0 Å². The summed E-state index contributed by atoms with van der Waals surface area (Å²) in [4.78, 5) is 16.8. The van der Waals surface area contributed by atoms with Crippen molar-refractivity contribution in [2.75, 3.05) is 13.7 Å². The molecule has 1 atom stereocenters. The summed E-state index contributed by atoms with van der Waals surface area (Å²) in [5.41, 5.74) is 3.79. The molecule has 2 aromatic rings. The van der Waals surface area contributed by atoms with Gasteiger partial charge in [0.2, 0.25) is 0 Å². The molecular formula is C20H24N2O2. The number of ether oxygens (including phenoxy) is 1. The fourth-order valence-corrected chi connectivity index (χ4v) is 3.24. The minimum Gasteiger partial charge on any atom is -0.465 e. The number of hydrogen-bond acceptors (Lipinski definition) is 4. The van der Waals surface area contributed by atoms with E-state index in [0.717, 1.165) is 43.6 Å². The fraction of sp³-hybridized carbons (Fsp3) is 0.400. The second kappa shape index (κ2) is 8.06. The van der Waals surface area contributed by atoms with Gasteiger partial charge in [0.05, 0.1) is 24.1 Å². The first kappa shape index (κ1) is 16.7. The zero-order chi connectivity index (χ0) is 16.8. The first-order valence-corrected chi connectivity index (χ1v) is 8.63. The normalized spacial score (nSPS) is 17.0. The van der Waals surface area contributed by atoms with Crippen molar-refractivity contribution in [3.8, 4) is 0 Å². The molecule has 0 saturated carbocycles. The van der Waals surface area contributed by atoms with Crippen LogP contribution in [-0.4, -0.2) is 24.6 Å². The third-order valence-electron chi connectivity index (χ3n) is 4.54. The van der Waals surface area contributed by atoms with E-state index in [1.54, 1.807) is 0 Å². The molecule has 4 nitrogen and oxygen atoms in total. The maximum atomic E-state index is 12.0. The van der Waals surface area contributed by atoms with Gasteiger partial charge in [0.15, 0.2) is 0 Å². The van der Waals surface area contributed by atoms with Gasteiger partial charge < -0.3 is 10.1 Å². The first-order valence-electron chi connectivity index (χ1n) is 8.63. The SMILES string of the molecule is COC(=O)c1ccc(C2CCCN2)nc1CCCc1ccccc1. The van der Waals surface area contributed by atoms with Crippen molar-refractivity contribution in [2.45, 2.75) is 38.1 Å². The van der Waals surface area contributed by atoms with E-state index in [-0.39, 0.29) is 5.97 Å². The van der Waals surface area contributed by atoms with Crippen LogP contribution in [-0.2, 0) is 17.6 Å². The maximum Gasteiger partial charge on any atom is 0.339 e. The Balaban J connectivity index is 1.74. The van der Waals surface area contributed by atoms with Crippen molar-refractivity contribution in [2.24, 2.45) is 0 Å². The third kappa shape index (κ3) is 4.01. The molecule has 2 heterocycles. The summed E-state index contributed by atoms with van der Waals surface area (Å²) in [6, 6.07) is 14.5. The van der Waals surface area contributed by atoms with Gasteiger partial charge in [-0.2, -0.15) is 0 Å². The van der Waals surface area contributed by atoms with E-state index < -0.39 is 0 Å². The molecule has 1 unspecified atom stereocenters. The topological polar surface area (TPSA) is 51.2 Å². The van der Waals surface area contributed by atoms with Crippen LogP contribution in [0.1, 0.15) is 52.6 Å². The van der Waals surface area contributed by atoms with Gasteiger partial charge in [-0.15, -0.1) is 0 Å². The van der Waals surface area contributed by atoms with Crippen LogP contribution < -0.4 is 5.32 Å². The Bertz CT molecular complexity index is 679. The molecule has 1 N–H and O–H groups in total. The summed E-state index contributed by atoms with van der Waals surface area (Å²) in [5.74, 6) is -0.303. The standard InChI is InChI=1S/C20H24N2O2/c1-24-20(23)16-12-13-19(18-11-6-14-21-18)22-17(16)10-5-9-15-7-3-2-4-8-15/h2-4,7-8,12-13,18,21H,5-6,9-11,14H2,1H3. The number of aryl methyl sites for hydroxylation is 2. The molecule has 1 saturated heterocycles. The maximum absolute atomic E-state index is 12.0. The zero-order valence-electron chi connectivity index (χ0n) is 14.1. The Kier molecular flexibility index (Phi) is 5.59. The molecule has 1 aliphatic rings. The predicted octanol–water partition coefficient (Wildman–Crippen LogP) is 3.47. The molecule has 126 valence electrons. The Labute approximate surface area is 143 Å². The summed E-state index contributed by atoms with van der Waals surface area (Å²) in [7, 11) is 1.42. The number of methoxy groups -OCH3 is 1. The van der Waals surface area contributed by atoms with Crippen LogP contribution in [0, 0.1) is 0 Å². The molecule has 0 spiro atoms. The number of nitrogens with one attached hydrogen (secondary N) is 1. The second-order valence-corrected chi connectivity index (χ2v) is 6.21. The molecule has 0 radical (unpaired) electrons. The molecule has 1 aromatic heterocycles. The monoisotopic (exact) mass is 324 g/mol. The molecular weight excluding hydrogens is 300 g/mol. The van der Waals surface area contributed by atoms with E-state index in [1.807, 2.05) is 18.2 Å². The predicted molar refractivity (Wildman–Crippen MR) is 94.0 cm³/mol. The lowest BCUT2D eigenvalue weighted by molar-refractivity contribution is 0.0598. The highest BCUT2D eigenvalue weighted by Gasteiger charge is 2.20. The minimum absolute atomic E-state index is 0.303. The number of carbonyl (C=O) groups excluding carboxylic acids is 1. The third-order valence-corrected chi connectivity index (χ3v) is 4.54. The quantitative estimate of drug-likeness (QED) is 0.827. The molecule has 24 heavy (non-hydrogen) atoms. The van der Waals surface area contributed by atoms with Crippen LogP contribution in [0.3, 0.4) is 0 Å². The van der Waals surface area contributed by atoms with E-state index >= 15 is 0 Å². The van der Waals surface area contributed by atoms with E-state index in [9.17, 15) is 4.79 Å². The molecule has 0 bridgehead atoms. The highest BCUT2D eigenvalue weighted by atomic mass is 16.5.